The minimum Gasteiger partial charge on any atom is -0.476 e. The van der Waals surface area contributed by atoms with Crippen molar-refractivity contribution in [3.63, 3.8) is 0 Å². The first-order valence-corrected chi connectivity index (χ1v) is 5.78. The standard InChI is InChI=1S/C12H19N3O2/c1-3-15(4-2)7-8-17-11-6-5-10(9-14-11)12(13)16/h5-6,9H,3-4,7-8H2,1-2H3,(H2,13,16). The van der Waals surface area contributed by atoms with Crippen molar-refractivity contribution in [2.24, 2.45) is 5.73 Å². The molecule has 1 amide bonds. The molecule has 5 nitrogen and oxygen atoms in total. The number of nitrogens with two attached hydrogens (primary N) is 1. The second-order valence-corrected chi connectivity index (χ2v) is 3.62. The van der Waals surface area contributed by atoms with E-state index < -0.39 is 5.91 Å². The topological polar surface area (TPSA) is 68.5 Å². The van der Waals surface area contributed by atoms with Crippen LogP contribution >= 0.6 is 0 Å². The highest BCUT2D eigenvalue weighted by Gasteiger charge is 2.02. The van der Waals surface area contributed by atoms with Crippen molar-refractivity contribution < 1.29 is 9.53 Å². The summed E-state index contributed by atoms with van der Waals surface area (Å²) in [5.74, 6) is 0.0364. The molecule has 0 saturated carbocycles. The third-order valence-electron chi connectivity index (χ3n) is 2.57. The molecule has 94 valence electrons. The molecular formula is C12H19N3O2. The second-order valence-electron chi connectivity index (χ2n) is 3.62. The van der Waals surface area contributed by atoms with Crippen molar-refractivity contribution in [1.29, 1.82) is 0 Å². The number of rotatable bonds is 7. The molecule has 2 N–H and O–H groups in total. The normalized spacial score (nSPS) is 10.5. The molecule has 0 spiro atoms. The van der Waals surface area contributed by atoms with Gasteiger partial charge in [-0.15, -0.1) is 0 Å². The number of primary amides is 1. The van der Waals surface area contributed by atoms with Gasteiger partial charge in [-0.25, -0.2) is 4.98 Å². The van der Waals surface area contributed by atoms with E-state index in [0.717, 1.165) is 19.6 Å². The summed E-state index contributed by atoms with van der Waals surface area (Å²) >= 11 is 0. The molecule has 0 fully saturated rings. The van der Waals surface area contributed by atoms with Crippen LogP contribution in [0.3, 0.4) is 0 Å². The molecule has 5 heteroatoms. The lowest BCUT2D eigenvalue weighted by atomic mass is 10.3. The van der Waals surface area contributed by atoms with E-state index in [0.29, 0.717) is 18.1 Å². The maximum Gasteiger partial charge on any atom is 0.250 e. The average Bonchev–Trinajstić information content (AvgIpc) is 2.35. The molecular weight excluding hydrogens is 218 g/mol. The number of amides is 1. The van der Waals surface area contributed by atoms with E-state index in [-0.39, 0.29) is 0 Å². The van der Waals surface area contributed by atoms with Crippen LogP contribution in [-0.4, -0.2) is 42.0 Å². The van der Waals surface area contributed by atoms with Gasteiger partial charge in [-0.05, 0) is 19.2 Å². The molecule has 0 aliphatic rings. The largest absolute Gasteiger partial charge is 0.476 e. The third kappa shape index (κ3) is 4.40. The van der Waals surface area contributed by atoms with Crippen LogP contribution in [0, 0.1) is 0 Å². The van der Waals surface area contributed by atoms with Crippen LogP contribution in [0.5, 0.6) is 5.88 Å². The maximum absolute atomic E-state index is 10.8. The molecule has 0 atom stereocenters. The number of hydrogen-bond acceptors (Lipinski definition) is 4. The van der Waals surface area contributed by atoms with Gasteiger partial charge in [0.25, 0.3) is 0 Å². The zero-order valence-electron chi connectivity index (χ0n) is 10.3. The first kappa shape index (κ1) is 13.4. The van der Waals surface area contributed by atoms with Gasteiger partial charge in [0, 0.05) is 18.8 Å². The van der Waals surface area contributed by atoms with Crippen LogP contribution in [0.25, 0.3) is 0 Å². The maximum atomic E-state index is 10.8. The molecule has 0 aliphatic carbocycles. The highest BCUT2D eigenvalue weighted by molar-refractivity contribution is 5.92. The van der Waals surface area contributed by atoms with Crippen LogP contribution in [0.4, 0.5) is 0 Å². The van der Waals surface area contributed by atoms with E-state index in [2.05, 4.69) is 23.7 Å². The summed E-state index contributed by atoms with van der Waals surface area (Å²) in [6, 6.07) is 3.27. The fraction of sp³-hybridized carbons (Fsp3) is 0.500. The Morgan fingerprint density at radius 1 is 1.41 bits per heavy atom. The lowest BCUT2D eigenvalue weighted by Crippen LogP contribution is -2.28. The van der Waals surface area contributed by atoms with E-state index in [1.165, 1.54) is 6.20 Å². The lowest BCUT2D eigenvalue weighted by molar-refractivity contribution is 0.1000. The Balaban J connectivity index is 2.39. The minimum absolute atomic E-state index is 0.390. The van der Waals surface area contributed by atoms with Crippen LogP contribution in [0.15, 0.2) is 18.3 Å². The third-order valence-corrected chi connectivity index (χ3v) is 2.57. The summed E-state index contributed by atoms with van der Waals surface area (Å²) in [4.78, 5) is 17.1. The Hall–Kier alpha value is -1.62. The van der Waals surface area contributed by atoms with Crippen LogP contribution in [0.1, 0.15) is 24.2 Å². The van der Waals surface area contributed by atoms with E-state index in [4.69, 9.17) is 10.5 Å². The number of carbonyl (C=O) groups excluding carboxylic acids is 1. The van der Waals surface area contributed by atoms with Gasteiger partial charge in [0.15, 0.2) is 0 Å². The molecule has 1 aromatic rings. The molecule has 0 bridgehead atoms. The van der Waals surface area contributed by atoms with Crippen molar-refractivity contribution in [2.45, 2.75) is 13.8 Å². The number of ether oxygens (including phenoxy) is 1. The zero-order valence-corrected chi connectivity index (χ0v) is 10.3. The first-order chi connectivity index (χ1) is 8.17. The van der Waals surface area contributed by atoms with E-state index >= 15 is 0 Å². The predicted octanol–water partition coefficient (Wildman–Crippen LogP) is 0.901. The van der Waals surface area contributed by atoms with Gasteiger partial charge < -0.3 is 15.4 Å². The molecule has 17 heavy (non-hydrogen) atoms. The number of aromatic nitrogens is 1. The summed E-state index contributed by atoms with van der Waals surface area (Å²) in [5.41, 5.74) is 5.50. The van der Waals surface area contributed by atoms with Crippen LogP contribution < -0.4 is 10.5 Å². The molecule has 0 aromatic carbocycles. The van der Waals surface area contributed by atoms with E-state index in [1.807, 2.05) is 0 Å². The van der Waals surface area contributed by atoms with Crippen molar-refractivity contribution in [3.8, 4) is 5.88 Å². The summed E-state index contributed by atoms with van der Waals surface area (Å²) in [5, 5.41) is 0. The van der Waals surface area contributed by atoms with Gasteiger partial charge >= 0.3 is 0 Å². The Morgan fingerprint density at radius 3 is 2.59 bits per heavy atom. The van der Waals surface area contributed by atoms with Gasteiger partial charge in [0.05, 0.1) is 5.56 Å². The van der Waals surface area contributed by atoms with Crippen molar-refractivity contribution in [1.82, 2.24) is 9.88 Å². The molecule has 0 unspecified atom stereocenters. The van der Waals surface area contributed by atoms with Gasteiger partial charge in [0.2, 0.25) is 11.8 Å². The quantitative estimate of drug-likeness (QED) is 0.765. The predicted molar refractivity (Wildman–Crippen MR) is 66.0 cm³/mol. The Morgan fingerprint density at radius 2 is 2.12 bits per heavy atom. The van der Waals surface area contributed by atoms with Gasteiger partial charge in [-0.2, -0.15) is 0 Å². The van der Waals surface area contributed by atoms with Crippen LogP contribution in [0.2, 0.25) is 0 Å². The SMILES string of the molecule is CCN(CC)CCOc1ccc(C(N)=O)cn1. The molecule has 1 aromatic heterocycles. The lowest BCUT2D eigenvalue weighted by Gasteiger charge is -2.17. The van der Waals surface area contributed by atoms with Gasteiger partial charge in [0.1, 0.15) is 6.61 Å². The summed E-state index contributed by atoms with van der Waals surface area (Å²) in [7, 11) is 0. The average molecular weight is 237 g/mol. The number of pyridine rings is 1. The number of hydrogen-bond donors (Lipinski definition) is 1. The Labute approximate surface area is 102 Å². The van der Waals surface area contributed by atoms with Crippen molar-refractivity contribution in [2.75, 3.05) is 26.2 Å². The van der Waals surface area contributed by atoms with E-state index in [1.54, 1.807) is 12.1 Å². The fourth-order valence-corrected chi connectivity index (χ4v) is 1.43. The summed E-state index contributed by atoms with van der Waals surface area (Å²) < 4.78 is 5.47. The molecule has 0 saturated heterocycles. The molecule has 0 radical (unpaired) electrons. The van der Waals surface area contributed by atoms with Crippen LogP contribution in [-0.2, 0) is 0 Å². The molecule has 1 heterocycles. The minimum atomic E-state index is -0.479. The molecule has 0 aliphatic heterocycles. The smallest absolute Gasteiger partial charge is 0.250 e. The highest BCUT2D eigenvalue weighted by atomic mass is 16.5. The highest BCUT2D eigenvalue weighted by Crippen LogP contribution is 2.07. The summed E-state index contributed by atoms with van der Waals surface area (Å²) in [6.07, 6.45) is 1.43. The van der Waals surface area contributed by atoms with Crippen molar-refractivity contribution in [3.05, 3.63) is 23.9 Å². The van der Waals surface area contributed by atoms with E-state index in [9.17, 15) is 4.79 Å². The molecule has 1 rings (SSSR count). The second kappa shape index (κ2) is 6.85. The first-order valence-electron chi connectivity index (χ1n) is 5.78. The van der Waals surface area contributed by atoms with Gasteiger partial charge in [-0.3, -0.25) is 4.79 Å². The Kier molecular flexibility index (Phi) is 5.42. The van der Waals surface area contributed by atoms with Crippen molar-refractivity contribution >= 4 is 5.91 Å². The monoisotopic (exact) mass is 237 g/mol. The number of likely N-dealkylation sites (N-methyl/N-ethyl adjacent to an activating group) is 1. The number of nitrogens with zero attached hydrogens (tertiary/aromatic N) is 2. The summed E-state index contributed by atoms with van der Waals surface area (Å²) in [6.45, 7) is 7.70. The fourth-order valence-electron chi connectivity index (χ4n) is 1.43. The zero-order chi connectivity index (χ0) is 12.7. The van der Waals surface area contributed by atoms with Gasteiger partial charge in [-0.1, -0.05) is 13.8 Å². The Bertz CT molecular complexity index is 347. The number of carbonyl (C=O) groups is 1.